The molecule has 0 unspecified atom stereocenters. The largest absolute Gasteiger partial charge is 0.495 e. The zero-order valence-electron chi connectivity index (χ0n) is 13.9. The van der Waals surface area contributed by atoms with Crippen LogP contribution in [0.25, 0.3) is 11.4 Å². The van der Waals surface area contributed by atoms with Gasteiger partial charge in [-0.1, -0.05) is 17.3 Å². The number of aromatic nitrogens is 3. The van der Waals surface area contributed by atoms with Gasteiger partial charge in [-0.25, -0.2) is 8.42 Å². The van der Waals surface area contributed by atoms with Crippen LogP contribution in [-0.2, 0) is 10.0 Å². The number of nitrogens with zero attached hydrogens (tertiary/aromatic N) is 4. The molecule has 0 atom stereocenters. The van der Waals surface area contributed by atoms with Crippen molar-refractivity contribution in [2.24, 2.45) is 0 Å². The summed E-state index contributed by atoms with van der Waals surface area (Å²) < 4.78 is 37.4. The van der Waals surface area contributed by atoms with Gasteiger partial charge in [0, 0.05) is 31.0 Å². The Kier molecular flexibility index (Phi) is 4.17. The molecule has 0 bridgehead atoms. The Balaban J connectivity index is 1.50. The van der Waals surface area contributed by atoms with Crippen LogP contribution in [0.5, 0.6) is 5.75 Å². The third-order valence-electron chi connectivity index (χ3n) is 4.26. The summed E-state index contributed by atoms with van der Waals surface area (Å²) in [5.74, 6) is 1.10. The third-order valence-corrected chi connectivity index (χ3v) is 6.14. The predicted molar refractivity (Wildman–Crippen MR) is 92.0 cm³/mol. The Bertz CT molecular complexity index is 1010. The molecule has 0 spiro atoms. The lowest BCUT2D eigenvalue weighted by Crippen LogP contribution is -2.48. The Morgan fingerprint density at radius 1 is 1.15 bits per heavy atom. The van der Waals surface area contributed by atoms with Crippen LogP contribution in [0.1, 0.15) is 11.8 Å². The van der Waals surface area contributed by atoms with Gasteiger partial charge in [-0.2, -0.15) is 9.29 Å². The highest BCUT2D eigenvalue weighted by atomic mass is 32.2. The first-order valence-electron chi connectivity index (χ1n) is 7.97. The minimum atomic E-state index is -3.62. The maximum Gasteiger partial charge on any atom is 0.246 e. The Morgan fingerprint density at radius 3 is 2.62 bits per heavy atom. The lowest BCUT2D eigenvalue weighted by molar-refractivity contribution is 0.216. The number of methoxy groups -OCH3 is 1. The van der Waals surface area contributed by atoms with Gasteiger partial charge in [-0.15, -0.1) is 0 Å². The molecule has 0 amide bonds. The number of hydrogen-bond acceptors (Lipinski definition) is 7. The van der Waals surface area contributed by atoms with Gasteiger partial charge in [-0.05, 0) is 24.3 Å². The van der Waals surface area contributed by atoms with E-state index in [1.165, 1.54) is 17.5 Å². The van der Waals surface area contributed by atoms with Gasteiger partial charge < -0.3 is 9.26 Å². The van der Waals surface area contributed by atoms with Crippen molar-refractivity contribution in [3.63, 3.8) is 0 Å². The first-order valence-corrected chi connectivity index (χ1v) is 9.41. The summed E-state index contributed by atoms with van der Waals surface area (Å²) in [6, 6.07) is 10.1. The van der Waals surface area contributed by atoms with E-state index in [1.54, 1.807) is 42.7 Å². The van der Waals surface area contributed by atoms with E-state index >= 15 is 0 Å². The monoisotopic (exact) mass is 372 g/mol. The summed E-state index contributed by atoms with van der Waals surface area (Å²) in [5.41, 5.74) is 0.799. The molecule has 1 fully saturated rings. The molecule has 8 nitrogen and oxygen atoms in total. The van der Waals surface area contributed by atoms with Gasteiger partial charge in [0.2, 0.25) is 21.7 Å². The SMILES string of the molecule is COc1ccccc1S(=O)(=O)N1CC(c2nc(-c3ccncc3)no2)C1. The minimum Gasteiger partial charge on any atom is -0.495 e. The van der Waals surface area contributed by atoms with Crippen molar-refractivity contribution in [3.8, 4) is 17.1 Å². The van der Waals surface area contributed by atoms with Gasteiger partial charge >= 0.3 is 0 Å². The molecule has 3 heterocycles. The molecule has 1 aliphatic heterocycles. The van der Waals surface area contributed by atoms with Crippen LogP contribution < -0.4 is 4.74 Å². The first kappa shape index (κ1) is 16.7. The summed E-state index contributed by atoms with van der Waals surface area (Å²) in [6.45, 7) is 0.580. The molecule has 0 radical (unpaired) electrons. The second-order valence-electron chi connectivity index (χ2n) is 5.86. The number of ether oxygens (including phenoxy) is 1. The van der Waals surface area contributed by atoms with Crippen molar-refractivity contribution in [2.45, 2.75) is 10.8 Å². The highest BCUT2D eigenvalue weighted by molar-refractivity contribution is 7.89. The van der Waals surface area contributed by atoms with Gasteiger partial charge in [0.05, 0.1) is 13.0 Å². The fourth-order valence-electron chi connectivity index (χ4n) is 2.78. The van der Waals surface area contributed by atoms with Crippen LogP contribution in [0.3, 0.4) is 0 Å². The van der Waals surface area contributed by atoms with Crippen molar-refractivity contribution >= 4 is 10.0 Å². The molecular weight excluding hydrogens is 356 g/mol. The highest BCUT2D eigenvalue weighted by Crippen LogP contribution is 2.34. The third kappa shape index (κ3) is 2.85. The lowest BCUT2D eigenvalue weighted by Gasteiger charge is -2.36. The molecule has 0 saturated carbocycles. The van der Waals surface area contributed by atoms with Gasteiger partial charge in [0.25, 0.3) is 0 Å². The van der Waals surface area contributed by atoms with Crippen molar-refractivity contribution in [1.29, 1.82) is 0 Å². The Morgan fingerprint density at radius 2 is 1.88 bits per heavy atom. The van der Waals surface area contributed by atoms with E-state index in [4.69, 9.17) is 9.26 Å². The first-order chi connectivity index (χ1) is 12.6. The predicted octanol–water partition coefficient (Wildman–Crippen LogP) is 1.93. The second-order valence-corrected chi connectivity index (χ2v) is 7.77. The molecule has 9 heteroatoms. The Labute approximate surface area is 150 Å². The highest BCUT2D eigenvalue weighted by Gasteiger charge is 2.41. The molecule has 4 rings (SSSR count). The van der Waals surface area contributed by atoms with E-state index in [9.17, 15) is 8.42 Å². The van der Waals surface area contributed by atoms with Gasteiger partial charge in [0.15, 0.2) is 0 Å². The standard InChI is InChI=1S/C17H16N4O4S/c1-24-14-4-2-3-5-15(14)26(22,23)21-10-13(11-21)17-19-16(20-25-17)12-6-8-18-9-7-12/h2-9,13H,10-11H2,1H3. The average molecular weight is 372 g/mol. The summed E-state index contributed by atoms with van der Waals surface area (Å²) >= 11 is 0. The van der Waals surface area contributed by atoms with Crippen molar-refractivity contribution < 1.29 is 17.7 Å². The molecule has 0 aliphatic carbocycles. The molecule has 1 saturated heterocycles. The van der Waals surface area contributed by atoms with E-state index in [0.717, 1.165) is 5.56 Å². The van der Waals surface area contributed by atoms with E-state index < -0.39 is 10.0 Å². The second kappa shape index (κ2) is 6.50. The molecular formula is C17H16N4O4S. The number of benzene rings is 1. The van der Waals surface area contributed by atoms with Crippen LogP contribution >= 0.6 is 0 Å². The summed E-state index contributed by atoms with van der Waals surface area (Å²) in [7, 11) is -2.17. The fourth-order valence-corrected chi connectivity index (χ4v) is 4.47. The van der Waals surface area contributed by atoms with E-state index in [0.29, 0.717) is 30.6 Å². The maximum atomic E-state index is 12.8. The van der Waals surface area contributed by atoms with Gasteiger partial charge in [0.1, 0.15) is 10.6 Å². The van der Waals surface area contributed by atoms with Crippen LogP contribution in [-0.4, -0.2) is 48.0 Å². The molecule has 1 aromatic carbocycles. The normalized spacial score (nSPS) is 15.6. The summed E-state index contributed by atoms with van der Waals surface area (Å²) in [5, 5.41) is 3.96. The molecule has 3 aromatic rings. The van der Waals surface area contributed by atoms with Crippen molar-refractivity contribution in [3.05, 3.63) is 54.7 Å². The van der Waals surface area contributed by atoms with Crippen LogP contribution in [0.2, 0.25) is 0 Å². The van der Waals surface area contributed by atoms with E-state index in [-0.39, 0.29) is 10.8 Å². The zero-order chi connectivity index (χ0) is 18.1. The van der Waals surface area contributed by atoms with Crippen molar-refractivity contribution in [1.82, 2.24) is 19.4 Å². The number of hydrogen-bond donors (Lipinski definition) is 0. The minimum absolute atomic E-state index is 0.123. The van der Waals surface area contributed by atoms with Crippen molar-refractivity contribution in [2.75, 3.05) is 20.2 Å². The van der Waals surface area contributed by atoms with E-state index in [2.05, 4.69) is 15.1 Å². The zero-order valence-corrected chi connectivity index (χ0v) is 14.8. The smallest absolute Gasteiger partial charge is 0.246 e. The van der Waals surface area contributed by atoms with E-state index in [1.807, 2.05) is 0 Å². The topological polar surface area (TPSA) is 98.4 Å². The molecule has 134 valence electrons. The average Bonchev–Trinajstić information content (AvgIpc) is 3.10. The molecule has 2 aromatic heterocycles. The number of sulfonamides is 1. The molecule has 0 N–H and O–H groups in total. The number of para-hydroxylation sites is 1. The molecule has 1 aliphatic rings. The summed E-state index contributed by atoms with van der Waals surface area (Å²) in [4.78, 5) is 8.48. The molecule has 26 heavy (non-hydrogen) atoms. The maximum absolute atomic E-state index is 12.8. The quantitative estimate of drug-likeness (QED) is 0.675. The van der Waals surface area contributed by atoms with Crippen LogP contribution in [0.4, 0.5) is 0 Å². The van der Waals surface area contributed by atoms with Crippen LogP contribution in [0.15, 0.2) is 58.2 Å². The fraction of sp³-hybridized carbons (Fsp3) is 0.235. The number of rotatable bonds is 5. The Hall–Kier alpha value is -2.78. The van der Waals surface area contributed by atoms with Gasteiger partial charge in [-0.3, -0.25) is 4.98 Å². The summed E-state index contributed by atoms with van der Waals surface area (Å²) in [6.07, 6.45) is 3.30. The number of pyridine rings is 1. The lowest BCUT2D eigenvalue weighted by atomic mass is 10.0. The van der Waals surface area contributed by atoms with Crippen LogP contribution in [0, 0.1) is 0 Å².